The molecular formula is C35H46BO6P. The molecule has 0 aliphatic heterocycles. The minimum Gasteiger partial charge on any atom is -0.497 e. The van der Waals surface area contributed by atoms with Gasteiger partial charge in [0.05, 0.1) is 24.9 Å². The Morgan fingerprint density at radius 1 is 0.791 bits per heavy atom. The fourth-order valence-corrected chi connectivity index (χ4v) is 5.08. The number of carbonyl (C=O) groups is 2. The number of rotatable bonds is 13. The van der Waals surface area contributed by atoms with Gasteiger partial charge < -0.3 is 18.9 Å². The molecule has 3 rings (SSSR count). The zero-order valence-electron chi connectivity index (χ0n) is 26.9. The summed E-state index contributed by atoms with van der Waals surface area (Å²) in [6.07, 6.45) is 1.33. The Morgan fingerprint density at radius 2 is 1.33 bits per heavy atom. The molecule has 0 radical (unpaired) electrons. The first-order valence-corrected chi connectivity index (χ1v) is 15.6. The summed E-state index contributed by atoms with van der Waals surface area (Å²) in [6.45, 7) is 15.3. The summed E-state index contributed by atoms with van der Waals surface area (Å²) in [5.74, 6) is 0.533. The Bertz CT molecular complexity index is 1340. The molecule has 0 aliphatic carbocycles. The highest BCUT2D eigenvalue weighted by Gasteiger charge is 2.31. The first-order valence-electron chi connectivity index (χ1n) is 14.8. The Hall–Kier alpha value is -3.15. The fraction of sp³-hybridized carbons (Fsp3) is 0.429. The lowest BCUT2D eigenvalue weighted by atomic mass is 9.73. The molecule has 0 N–H and O–H groups in total. The SMILES string of the molecule is COc1ccc(-c2ccc(OC(=O)c3ccc(C(C)(C)OCCC(C)(C)OC(=O)C(BP)CC(C)(C)C)cc3)cc2)cc1. The highest BCUT2D eigenvalue weighted by Crippen LogP contribution is 2.32. The van der Waals surface area contributed by atoms with Crippen LogP contribution in [0.3, 0.4) is 0 Å². The normalized spacial score (nSPS) is 12.8. The van der Waals surface area contributed by atoms with E-state index in [0.29, 0.717) is 31.3 Å². The van der Waals surface area contributed by atoms with Gasteiger partial charge in [0.2, 0.25) is 0 Å². The largest absolute Gasteiger partial charge is 0.497 e. The Morgan fingerprint density at radius 3 is 1.81 bits per heavy atom. The van der Waals surface area contributed by atoms with Gasteiger partial charge in [0.1, 0.15) is 17.1 Å². The van der Waals surface area contributed by atoms with Crippen molar-refractivity contribution in [3.05, 3.63) is 83.9 Å². The standard InChI is InChI=1S/C35H46BO6P/c1-33(2,3)23-30(36-43)32(38)42-34(4,5)21-22-40-35(6,7)27-15-9-26(10-16-27)31(37)41-29-19-13-25(14-20-29)24-11-17-28(39-8)18-12-24/h9-20,30,36H,21-23,43H2,1-8H3. The van der Waals surface area contributed by atoms with Crippen molar-refractivity contribution in [1.82, 2.24) is 0 Å². The lowest BCUT2D eigenvalue weighted by Crippen LogP contribution is -2.34. The summed E-state index contributed by atoms with van der Waals surface area (Å²) in [7, 11) is 4.31. The molecule has 2 unspecified atom stereocenters. The van der Waals surface area contributed by atoms with Gasteiger partial charge >= 0.3 is 11.9 Å². The van der Waals surface area contributed by atoms with Crippen molar-refractivity contribution in [1.29, 1.82) is 0 Å². The predicted octanol–water partition coefficient (Wildman–Crippen LogP) is 8.00. The van der Waals surface area contributed by atoms with Crippen molar-refractivity contribution >= 4 is 28.1 Å². The van der Waals surface area contributed by atoms with Gasteiger partial charge in [-0.3, -0.25) is 4.79 Å². The molecular weight excluding hydrogens is 558 g/mol. The molecule has 0 spiro atoms. The molecule has 6 nitrogen and oxygen atoms in total. The third kappa shape index (κ3) is 10.5. The van der Waals surface area contributed by atoms with E-state index < -0.39 is 17.2 Å². The van der Waals surface area contributed by atoms with Crippen molar-refractivity contribution < 1.29 is 28.5 Å². The Labute approximate surface area is 260 Å². The first-order chi connectivity index (χ1) is 20.1. The summed E-state index contributed by atoms with van der Waals surface area (Å²) in [5.41, 5.74) is 2.23. The molecule has 0 amide bonds. The van der Waals surface area contributed by atoms with Gasteiger partial charge in [0.15, 0.2) is 7.00 Å². The van der Waals surface area contributed by atoms with E-state index in [1.165, 1.54) is 0 Å². The van der Waals surface area contributed by atoms with E-state index >= 15 is 0 Å². The molecule has 0 saturated heterocycles. The van der Waals surface area contributed by atoms with Crippen LogP contribution in [0.4, 0.5) is 0 Å². The van der Waals surface area contributed by atoms with Crippen LogP contribution in [0, 0.1) is 5.41 Å². The van der Waals surface area contributed by atoms with E-state index in [0.717, 1.165) is 28.9 Å². The van der Waals surface area contributed by atoms with Crippen LogP contribution in [0.25, 0.3) is 11.1 Å². The van der Waals surface area contributed by atoms with Crippen LogP contribution < -0.4 is 9.47 Å². The Kier molecular flexibility index (Phi) is 11.6. The second kappa shape index (κ2) is 14.6. The van der Waals surface area contributed by atoms with Crippen molar-refractivity contribution in [3.63, 3.8) is 0 Å². The van der Waals surface area contributed by atoms with Crippen LogP contribution >= 0.6 is 9.12 Å². The highest BCUT2D eigenvalue weighted by atomic mass is 31.0. The molecule has 230 valence electrons. The topological polar surface area (TPSA) is 71.1 Å². The maximum absolute atomic E-state index is 12.8. The van der Waals surface area contributed by atoms with Crippen LogP contribution in [0.2, 0.25) is 5.82 Å². The van der Waals surface area contributed by atoms with E-state index in [1.54, 1.807) is 31.4 Å². The van der Waals surface area contributed by atoms with Gasteiger partial charge in [-0.2, -0.15) is 9.12 Å². The van der Waals surface area contributed by atoms with Crippen molar-refractivity contribution in [2.45, 2.75) is 78.3 Å². The summed E-state index contributed by atoms with van der Waals surface area (Å²) in [6, 6.07) is 22.5. The molecule has 8 heteroatoms. The minimum absolute atomic E-state index is 0.0494. The van der Waals surface area contributed by atoms with Gasteiger partial charge in [-0.15, -0.1) is 0 Å². The average molecular weight is 605 g/mol. The second-order valence-corrected chi connectivity index (χ2v) is 13.7. The van der Waals surface area contributed by atoms with Gasteiger partial charge in [0, 0.05) is 12.2 Å². The van der Waals surface area contributed by atoms with Crippen LogP contribution in [-0.2, 0) is 19.9 Å². The zero-order chi connectivity index (χ0) is 31.8. The molecule has 3 aromatic rings. The van der Waals surface area contributed by atoms with E-state index in [1.807, 2.05) is 76.2 Å². The zero-order valence-corrected chi connectivity index (χ0v) is 28.0. The smallest absolute Gasteiger partial charge is 0.343 e. The maximum Gasteiger partial charge on any atom is 0.343 e. The Balaban J connectivity index is 1.53. The number of methoxy groups -OCH3 is 1. The van der Waals surface area contributed by atoms with Crippen LogP contribution in [0.1, 0.15) is 77.2 Å². The fourth-order valence-electron chi connectivity index (χ4n) is 4.72. The van der Waals surface area contributed by atoms with Gasteiger partial charge in [-0.25, -0.2) is 4.79 Å². The quantitative estimate of drug-likeness (QED) is 0.0853. The molecule has 0 aliphatic rings. The van der Waals surface area contributed by atoms with Crippen molar-refractivity contribution in [2.24, 2.45) is 5.41 Å². The lowest BCUT2D eigenvalue weighted by Gasteiger charge is -2.32. The average Bonchev–Trinajstić information content (AvgIpc) is 2.95. The van der Waals surface area contributed by atoms with E-state index in [2.05, 4.69) is 29.9 Å². The molecule has 43 heavy (non-hydrogen) atoms. The number of ether oxygens (including phenoxy) is 4. The molecule has 0 heterocycles. The predicted molar refractivity (Wildman–Crippen MR) is 178 cm³/mol. The molecule has 0 bridgehead atoms. The van der Waals surface area contributed by atoms with Crippen LogP contribution in [0.15, 0.2) is 72.8 Å². The molecule has 0 fully saturated rings. The summed E-state index contributed by atoms with van der Waals surface area (Å²) < 4.78 is 23.0. The van der Waals surface area contributed by atoms with E-state index in [4.69, 9.17) is 18.9 Å². The van der Waals surface area contributed by atoms with Crippen molar-refractivity contribution in [3.8, 4) is 22.6 Å². The van der Waals surface area contributed by atoms with Crippen LogP contribution in [0.5, 0.6) is 11.5 Å². The number of hydrogen-bond acceptors (Lipinski definition) is 6. The molecule has 0 saturated carbocycles. The molecule has 0 aromatic heterocycles. The van der Waals surface area contributed by atoms with Gasteiger partial charge in [0.25, 0.3) is 0 Å². The maximum atomic E-state index is 12.8. The third-order valence-electron chi connectivity index (χ3n) is 7.32. The summed E-state index contributed by atoms with van der Waals surface area (Å²) in [5, 5.41) is 0. The second-order valence-electron chi connectivity index (χ2n) is 13.2. The van der Waals surface area contributed by atoms with E-state index in [-0.39, 0.29) is 17.2 Å². The van der Waals surface area contributed by atoms with E-state index in [9.17, 15) is 9.59 Å². The number of hydrogen-bond donors (Lipinski definition) is 0. The van der Waals surface area contributed by atoms with Gasteiger partial charge in [-0.05, 0) is 92.6 Å². The van der Waals surface area contributed by atoms with Gasteiger partial charge in [-0.1, -0.05) is 57.2 Å². The van der Waals surface area contributed by atoms with Crippen LogP contribution in [-0.4, -0.2) is 38.3 Å². The monoisotopic (exact) mass is 604 g/mol. The minimum atomic E-state index is -0.649. The summed E-state index contributed by atoms with van der Waals surface area (Å²) >= 11 is 0. The molecule has 3 aromatic carbocycles. The highest BCUT2D eigenvalue weighted by molar-refractivity contribution is 7.56. The number of carbonyl (C=O) groups excluding carboxylic acids is 2. The molecule has 2 atom stereocenters. The lowest BCUT2D eigenvalue weighted by molar-refractivity contribution is -0.159. The number of esters is 2. The first kappa shape index (κ1) is 34.3. The van der Waals surface area contributed by atoms with Crippen molar-refractivity contribution in [2.75, 3.05) is 13.7 Å². The summed E-state index contributed by atoms with van der Waals surface area (Å²) in [4.78, 5) is 25.6. The third-order valence-corrected chi connectivity index (χ3v) is 7.89. The number of benzene rings is 3.